The fraction of sp³-hybridized carbons (Fsp3) is 0.794. The standard InChI is InChI=1S/C34H51NO7/c1-20(2)42-35-21(3)27-10-11-28-26-9-8-24-18-25(14-16-33(24,6)29(26)15-17-34(27,28)7)40-32-13-12-30(39-23(5)37)31(41-32)19-38-22(4)36/h8,12-13,20,25-32H,9-11,14-19H2,1-7H3/b35-21+/t25-,26?,27+,28?,29?,30-,31+,32?,33-,34+/m0/s1. The lowest BCUT2D eigenvalue weighted by Gasteiger charge is -2.58. The average molecular weight is 586 g/mol. The van der Waals surface area contributed by atoms with Crippen molar-refractivity contribution in [2.45, 2.75) is 131 Å². The molecular weight excluding hydrogens is 534 g/mol. The highest BCUT2D eigenvalue weighted by molar-refractivity contribution is 5.85. The van der Waals surface area contributed by atoms with E-state index in [9.17, 15) is 9.59 Å². The Balaban J connectivity index is 1.24. The molecule has 8 nitrogen and oxygen atoms in total. The first-order chi connectivity index (χ1) is 19.9. The molecule has 0 amide bonds. The van der Waals surface area contributed by atoms with E-state index in [1.807, 2.05) is 19.9 Å². The van der Waals surface area contributed by atoms with Gasteiger partial charge >= 0.3 is 11.9 Å². The van der Waals surface area contributed by atoms with Gasteiger partial charge in [0.15, 0.2) is 6.29 Å². The molecular formula is C34H51NO7. The van der Waals surface area contributed by atoms with Crippen LogP contribution >= 0.6 is 0 Å². The number of rotatable bonds is 8. The van der Waals surface area contributed by atoms with Gasteiger partial charge in [0.25, 0.3) is 0 Å². The van der Waals surface area contributed by atoms with Gasteiger partial charge in [-0.15, -0.1) is 0 Å². The van der Waals surface area contributed by atoms with Gasteiger partial charge in [-0.3, -0.25) is 9.59 Å². The van der Waals surface area contributed by atoms with Gasteiger partial charge in [0.1, 0.15) is 24.9 Å². The molecule has 4 aliphatic carbocycles. The van der Waals surface area contributed by atoms with Gasteiger partial charge in [0.05, 0.1) is 11.8 Å². The zero-order chi connectivity index (χ0) is 30.2. The molecule has 0 aromatic carbocycles. The van der Waals surface area contributed by atoms with E-state index in [0.29, 0.717) is 17.3 Å². The second kappa shape index (κ2) is 12.4. The van der Waals surface area contributed by atoms with Gasteiger partial charge in [0, 0.05) is 19.8 Å². The summed E-state index contributed by atoms with van der Waals surface area (Å²) in [6, 6.07) is 0. The summed E-state index contributed by atoms with van der Waals surface area (Å²) in [7, 11) is 0. The third-order valence-corrected chi connectivity index (χ3v) is 11.2. The number of carbonyl (C=O) groups excluding carboxylic acids is 2. The smallest absolute Gasteiger partial charge is 0.303 e. The second-order valence-corrected chi connectivity index (χ2v) is 14.1. The summed E-state index contributed by atoms with van der Waals surface area (Å²) in [6.07, 6.45) is 13.7. The Morgan fingerprint density at radius 2 is 1.81 bits per heavy atom. The van der Waals surface area contributed by atoms with Crippen molar-refractivity contribution < 1.29 is 33.4 Å². The number of oxime groups is 1. The maximum Gasteiger partial charge on any atom is 0.303 e. The monoisotopic (exact) mass is 585 g/mol. The Morgan fingerprint density at radius 3 is 2.52 bits per heavy atom. The van der Waals surface area contributed by atoms with Crippen molar-refractivity contribution in [3.05, 3.63) is 23.8 Å². The largest absolute Gasteiger partial charge is 0.463 e. The van der Waals surface area contributed by atoms with E-state index in [-0.39, 0.29) is 24.2 Å². The number of carbonyl (C=O) groups is 2. The van der Waals surface area contributed by atoms with Crippen LogP contribution in [0.2, 0.25) is 0 Å². The number of hydrogen-bond acceptors (Lipinski definition) is 8. The third kappa shape index (κ3) is 6.21. The third-order valence-electron chi connectivity index (χ3n) is 11.2. The maximum absolute atomic E-state index is 11.6. The summed E-state index contributed by atoms with van der Waals surface area (Å²) in [6.45, 7) is 14.0. The van der Waals surface area contributed by atoms with Crippen LogP contribution < -0.4 is 0 Å². The van der Waals surface area contributed by atoms with E-state index >= 15 is 0 Å². The molecule has 4 unspecified atom stereocenters. The molecule has 5 rings (SSSR count). The minimum Gasteiger partial charge on any atom is -0.463 e. The van der Waals surface area contributed by atoms with Crippen molar-refractivity contribution in [2.75, 3.05) is 6.61 Å². The van der Waals surface area contributed by atoms with E-state index in [4.69, 9.17) is 23.8 Å². The summed E-state index contributed by atoms with van der Waals surface area (Å²) < 4.78 is 23.1. The number of hydrogen-bond donors (Lipinski definition) is 0. The first-order valence-electron chi connectivity index (χ1n) is 16.1. The molecule has 5 aliphatic rings. The predicted molar refractivity (Wildman–Crippen MR) is 159 cm³/mol. The highest BCUT2D eigenvalue weighted by atomic mass is 16.7. The van der Waals surface area contributed by atoms with E-state index in [2.05, 4.69) is 32.0 Å². The Kier molecular flexibility index (Phi) is 9.25. The Morgan fingerprint density at radius 1 is 1.02 bits per heavy atom. The topological polar surface area (TPSA) is 92.7 Å². The Labute approximate surface area is 251 Å². The molecule has 42 heavy (non-hydrogen) atoms. The van der Waals surface area contributed by atoms with E-state index in [1.54, 1.807) is 11.6 Å². The van der Waals surface area contributed by atoms with Crippen LogP contribution in [0.4, 0.5) is 0 Å². The molecule has 1 heterocycles. The van der Waals surface area contributed by atoms with Crippen LogP contribution in [0, 0.1) is 34.5 Å². The van der Waals surface area contributed by atoms with E-state index in [0.717, 1.165) is 37.5 Å². The molecule has 234 valence electrons. The van der Waals surface area contributed by atoms with Crippen LogP contribution in [0.5, 0.6) is 0 Å². The Bertz CT molecular complexity index is 1110. The molecule has 0 aromatic rings. The highest BCUT2D eigenvalue weighted by Crippen LogP contribution is 2.66. The molecule has 3 saturated carbocycles. The lowest BCUT2D eigenvalue weighted by atomic mass is 9.47. The van der Waals surface area contributed by atoms with Crippen LogP contribution in [0.3, 0.4) is 0 Å². The molecule has 1 aliphatic heterocycles. The second-order valence-electron chi connectivity index (χ2n) is 14.1. The first-order valence-corrected chi connectivity index (χ1v) is 16.1. The molecule has 10 atom stereocenters. The zero-order valence-electron chi connectivity index (χ0n) is 26.6. The number of nitrogens with zero attached hydrogens (tertiary/aromatic N) is 1. The van der Waals surface area contributed by atoms with E-state index < -0.39 is 30.4 Å². The van der Waals surface area contributed by atoms with Crippen molar-refractivity contribution in [1.82, 2.24) is 0 Å². The van der Waals surface area contributed by atoms with Crippen LogP contribution in [0.1, 0.15) is 99.8 Å². The maximum atomic E-state index is 11.6. The molecule has 0 radical (unpaired) electrons. The van der Waals surface area contributed by atoms with Gasteiger partial charge in [0.2, 0.25) is 0 Å². The van der Waals surface area contributed by atoms with Gasteiger partial charge in [-0.2, -0.15) is 0 Å². The molecule has 0 saturated heterocycles. The Hall–Kier alpha value is -2.19. The number of allylic oxidation sites excluding steroid dienone is 1. The molecule has 0 bridgehead atoms. The van der Waals surface area contributed by atoms with Crippen LogP contribution in [0.25, 0.3) is 0 Å². The van der Waals surface area contributed by atoms with Crippen LogP contribution in [-0.2, 0) is 33.4 Å². The molecule has 0 aromatic heterocycles. The van der Waals surface area contributed by atoms with Gasteiger partial charge < -0.3 is 23.8 Å². The summed E-state index contributed by atoms with van der Waals surface area (Å²) in [4.78, 5) is 28.6. The quantitative estimate of drug-likeness (QED) is 0.138. The van der Waals surface area contributed by atoms with Crippen molar-refractivity contribution in [3.8, 4) is 0 Å². The number of esters is 2. The highest BCUT2D eigenvalue weighted by Gasteiger charge is 2.59. The van der Waals surface area contributed by atoms with Crippen molar-refractivity contribution in [1.29, 1.82) is 0 Å². The van der Waals surface area contributed by atoms with Crippen molar-refractivity contribution >= 4 is 17.7 Å². The molecule has 0 N–H and O–H groups in total. The molecule has 0 spiro atoms. The summed E-state index contributed by atoms with van der Waals surface area (Å²) in [5.41, 5.74) is 3.24. The predicted octanol–water partition coefficient (Wildman–Crippen LogP) is 6.53. The summed E-state index contributed by atoms with van der Waals surface area (Å²) >= 11 is 0. The minimum atomic E-state index is -0.612. The van der Waals surface area contributed by atoms with Crippen molar-refractivity contribution in [2.24, 2.45) is 39.7 Å². The van der Waals surface area contributed by atoms with Crippen LogP contribution in [0.15, 0.2) is 29.0 Å². The van der Waals surface area contributed by atoms with Gasteiger partial charge in [-0.25, -0.2) is 0 Å². The first kappa shape index (κ1) is 31.2. The van der Waals surface area contributed by atoms with Gasteiger partial charge in [-0.1, -0.05) is 30.7 Å². The van der Waals surface area contributed by atoms with Crippen LogP contribution in [-0.4, -0.2) is 55.0 Å². The summed E-state index contributed by atoms with van der Waals surface area (Å²) in [5, 5.41) is 4.55. The number of ether oxygens (including phenoxy) is 4. The minimum absolute atomic E-state index is 0.00547. The lowest BCUT2D eigenvalue weighted by Crippen LogP contribution is -2.51. The fourth-order valence-corrected chi connectivity index (χ4v) is 9.21. The lowest BCUT2D eigenvalue weighted by molar-refractivity contribution is -0.213. The molecule has 3 fully saturated rings. The SMILES string of the molecule is CC(=O)OC[C@H]1OC(O[C@H]2CC[C@@]3(C)C(=CCC4C3CC[C@@]3(C)C4CC[C@@H]3/C(C)=N/OC(C)C)C2)C=C[C@@H]1OC(C)=O. The summed E-state index contributed by atoms with van der Waals surface area (Å²) in [5.74, 6) is 1.87. The van der Waals surface area contributed by atoms with Crippen molar-refractivity contribution in [3.63, 3.8) is 0 Å². The zero-order valence-corrected chi connectivity index (χ0v) is 26.6. The normalized spacial score (nSPS) is 41.3. The average Bonchev–Trinajstić information content (AvgIpc) is 3.29. The van der Waals surface area contributed by atoms with Gasteiger partial charge in [-0.05, 0) is 113 Å². The molecule has 8 heteroatoms. The number of fused-ring (bicyclic) bond motifs is 5. The van der Waals surface area contributed by atoms with E-state index in [1.165, 1.54) is 45.2 Å². The fourth-order valence-electron chi connectivity index (χ4n) is 9.21.